The van der Waals surface area contributed by atoms with E-state index in [1.807, 2.05) is 18.4 Å². The first kappa shape index (κ1) is 13.1. The van der Waals surface area contributed by atoms with Gasteiger partial charge in [-0.15, -0.1) is 11.3 Å². The Morgan fingerprint density at radius 3 is 2.84 bits per heavy atom. The molecule has 5 heteroatoms. The molecular weight excluding hydrogens is 260 g/mol. The fourth-order valence-corrected chi connectivity index (χ4v) is 2.51. The summed E-state index contributed by atoms with van der Waals surface area (Å²) in [5.41, 5.74) is 1.95. The first-order valence-electron chi connectivity index (χ1n) is 5.65. The highest BCUT2D eigenvalue weighted by atomic mass is 32.1. The van der Waals surface area contributed by atoms with Gasteiger partial charge in [-0.05, 0) is 36.1 Å². The standard InChI is InChI=1S/C14H12N2O2S/c1-9-4-5-10(8-15)11(7-9)16-13(14(17)18)12-3-2-6-19-12/h2-7,13,16H,1H3,(H,17,18). The van der Waals surface area contributed by atoms with E-state index in [9.17, 15) is 9.90 Å². The minimum atomic E-state index is -0.965. The largest absolute Gasteiger partial charge is 0.479 e. The highest BCUT2D eigenvalue weighted by Crippen LogP contribution is 2.26. The third-order valence-corrected chi connectivity index (χ3v) is 3.61. The van der Waals surface area contributed by atoms with E-state index in [0.717, 1.165) is 5.56 Å². The van der Waals surface area contributed by atoms with Crippen LogP contribution in [0.1, 0.15) is 22.0 Å². The van der Waals surface area contributed by atoms with Gasteiger partial charge in [0.25, 0.3) is 0 Å². The summed E-state index contributed by atoms with van der Waals surface area (Å²) in [6, 6.07) is 10.1. The van der Waals surface area contributed by atoms with Gasteiger partial charge in [0.1, 0.15) is 6.07 Å². The summed E-state index contributed by atoms with van der Waals surface area (Å²) >= 11 is 1.37. The van der Waals surface area contributed by atoms with E-state index in [1.165, 1.54) is 11.3 Å². The molecule has 2 aromatic rings. The van der Waals surface area contributed by atoms with E-state index in [-0.39, 0.29) is 0 Å². The molecule has 0 fully saturated rings. The molecule has 4 nitrogen and oxygen atoms in total. The number of benzene rings is 1. The van der Waals surface area contributed by atoms with Crippen LogP contribution in [0.2, 0.25) is 0 Å². The number of nitrogens with one attached hydrogen (secondary N) is 1. The number of thiophene rings is 1. The van der Waals surface area contributed by atoms with Crippen LogP contribution >= 0.6 is 11.3 Å². The van der Waals surface area contributed by atoms with Crippen LogP contribution in [0.25, 0.3) is 0 Å². The summed E-state index contributed by atoms with van der Waals surface area (Å²) in [5.74, 6) is -0.965. The van der Waals surface area contributed by atoms with Crippen molar-refractivity contribution in [3.05, 3.63) is 51.7 Å². The lowest BCUT2D eigenvalue weighted by molar-refractivity contribution is -0.138. The molecule has 0 radical (unpaired) electrons. The molecule has 0 aliphatic rings. The number of hydrogen-bond acceptors (Lipinski definition) is 4. The molecule has 2 N–H and O–H groups in total. The van der Waals surface area contributed by atoms with E-state index < -0.39 is 12.0 Å². The summed E-state index contributed by atoms with van der Waals surface area (Å²) in [5, 5.41) is 23.1. The number of carboxylic acid groups (broad SMARTS) is 1. The second-order valence-corrected chi connectivity index (χ2v) is 5.07. The minimum Gasteiger partial charge on any atom is -0.479 e. The number of anilines is 1. The van der Waals surface area contributed by atoms with Gasteiger partial charge in [-0.2, -0.15) is 5.26 Å². The van der Waals surface area contributed by atoms with Crippen molar-refractivity contribution in [1.29, 1.82) is 5.26 Å². The van der Waals surface area contributed by atoms with Crippen molar-refractivity contribution >= 4 is 23.0 Å². The second kappa shape index (κ2) is 5.55. The maximum atomic E-state index is 11.3. The minimum absolute atomic E-state index is 0.438. The van der Waals surface area contributed by atoms with E-state index >= 15 is 0 Å². The van der Waals surface area contributed by atoms with Crippen molar-refractivity contribution in [2.24, 2.45) is 0 Å². The van der Waals surface area contributed by atoms with Crippen LogP contribution in [0.5, 0.6) is 0 Å². The molecule has 96 valence electrons. The molecular formula is C14H12N2O2S. The first-order valence-corrected chi connectivity index (χ1v) is 6.53. The molecule has 0 bridgehead atoms. The van der Waals surface area contributed by atoms with Crippen molar-refractivity contribution in [3.8, 4) is 6.07 Å². The quantitative estimate of drug-likeness (QED) is 0.896. The molecule has 1 heterocycles. The molecule has 0 aliphatic carbocycles. The molecule has 2 rings (SSSR count). The van der Waals surface area contributed by atoms with Crippen molar-refractivity contribution in [1.82, 2.24) is 0 Å². The van der Waals surface area contributed by atoms with E-state index in [0.29, 0.717) is 16.1 Å². The number of nitrogens with zero attached hydrogens (tertiary/aromatic N) is 1. The Balaban J connectivity index is 2.35. The normalized spacial score (nSPS) is 11.6. The summed E-state index contributed by atoms with van der Waals surface area (Å²) in [7, 11) is 0. The molecule has 1 aromatic carbocycles. The van der Waals surface area contributed by atoms with Gasteiger partial charge in [-0.3, -0.25) is 0 Å². The maximum Gasteiger partial charge on any atom is 0.331 e. The van der Waals surface area contributed by atoms with Crippen LogP contribution in [0, 0.1) is 18.3 Å². The van der Waals surface area contributed by atoms with Gasteiger partial charge in [-0.25, -0.2) is 4.79 Å². The number of carbonyl (C=O) groups is 1. The zero-order chi connectivity index (χ0) is 13.8. The fourth-order valence-electron chi connectivity index (χ4n) is 1.74. The van der Waals surface area contributed by atoms with Gasteiger partial charge in [0.2, 0.25) is 0 Å². The SMILES string of the molecule is Cc1ccc(C#N)c(NC(C(=O)O)c2cccs2)c1. The first-order chi connectivity index (χ1) is 9.11. The van der Waals surface area contributed by atoms with Gasteiger partial charge in [0.15, 0.2) is 6.04 Å². The number of carboxylic acids is 1. The topological polar surface area (TPSA) is 73.1 Å². The van der Waals surface area contributed by atoms with Crippen molar-refractivity contribution < 1.29 is 9.90 Å². The van der Waals surface area contributed by atoms with Crippen LogP contribution in [0.3, 0.4) is 0 Å². The second-order valence-electron chi connectivity index (χ2n) is 4.09. The lowest BCUT2D eigenvalue weighted by Gasteiger charge is -2.15. The average molecular weight is 272 g/mol. The molecule has 0 saturated heterocycles. The summed E-state index contributed by atoms with van der Waals surface area (Å²) in [6.07, 6.45) is 0. The zero-order valence-corrected chi connectivity index (χ0v) is 11.1. The van der Waals surface area contributed by atoms with Gasteiger partial charge >= 0.3 is 5.97 Å². The van der Waals surface area contributed by atoms with Crippen molar-refractivity contribution in [2.75, 3.05) is 5.32 Å². The lowest BCUT2D eigenvalue weighted by atomic mass is 10.1. The molecule has 0 spiro atoms. The lowest BCUT2D eigenvalue weighted by Crippen LogP contribution is -2.20. The van der Waals surface area contributed by atoms with Gasteiger partial charge < -0.3 is 10.4 Å². The van der Waals surface area contributed by atoms with Crippen LogP contribution in [0.15, 0.2) is 35.7 Å². The maximum absolute atomic E-state index is 11.3. The molecule has 0 amide bonds. The van der Waals surface area contributed by atoms with Gasteiger partial charge in [0, 0.05) is 4.88 Å². The van der Waals surface area contributed by atoms with Crippen LogP contribution in [-0.4, -0.2) is 11.1 Å². The third-order valence-electron chi connectivity index (χ3n) is 2.67. The predicted molar refractivity (Wildman–Crippen MR) is 74.2 cm³/mol. The number of aryl methyl sites for hydroxylation is 1. The Hall–Kier alpha value is -2.32. The molecule has 0 saturated carbocycles. The molecule has 1 aromatic heterocycles. The number of aliphatic carboxylic acids is 1. The average Bonchev–Trinajstić information content (AvgIpc) is 2.89. The molecule has 1 unspecified atom stereocenters. The highest BCUT2D eigenvalue weighted by Gasteiger charge is 2.21. The third kappa shape index (κ3) is 2.92. The number of nitriles is 1. The fraction of sp³-hybridized carbons (Fsp3) is 0.143. The Kier molecular flexibility index (Phi) is 3.83. The van der Waals surface area contributed by atoms with Crippen molar-refractivity contribution in [3.63, 3.8) is 0 Å². The van der Waals surface area contributed by atoms with Crippen LogP contribution in [-0.2, 0) is 4.79 Å². The number of rotatable bonds is 4. The van der Waals surface area contributed by atoms with E-state index in [4.69, 9.17) is 5.26 Å². The van der Waals surface area contributed by atoms with E-state index in [1.54, 1.807) is 24.3 Å². The predicted octanol–water partition coefficient (Wildman–Crippen LogP) is 3.17. The van der Waals surface area contributed by atoms with Crippen LogP contribution in [0.4, 0.5) is 5.69 Å². The number of hydrogen-bond donors (Lipinski definition) is 2. The van der Waals surface area contributed by atoms with Gasteiger partial charge in [0.05, 0.1) is 11.3 Å². The summed E-state index contributed by atoms with van der Waals surface area (Å²) in [4.78, 5) is 12.1. The summed E-state index contributed by atoms with van der Waals surface area (Å²) < 4.78 is 0. The van der Waals surface area contributed by atoms with E-state index in [2.05, 4.69) is 11.4 Å². The van der Waals surface area contributed by atoms with Crippen LogP contribution < -0.4 is 5.32 Å². The summed E-state index contributed by atoms with van der Waals surface area (Å²) in [6.45, 7) is 1.90. The monoisotopic (exact) mass is 272 g/mol. The molecule has 1 atom stereocenters. The highest BCUT2D eigenvalue weighted by molar-refractivity contribution is 7.10. The Morgan fingerprint density at radius 2 is 2.26 bits per heavy atom. The smallest absolute Gasteiger partial charge is 0.331 e. The Labute approximate surface area is 114 Å². The van der Waals surface area contributed by atoms with Gasteiger partial charge in [-0.1, -0.05) is 12.1 Å². The zero-order valence-electron chi connectivity index (χ0n) is 10.3. The Morgan fingerprint density at radius 1 is 1.47 bits per heavy atom. The molecule has 0 aliphatic heterocycles. The Bertz CT molecular complexity index is 629. The molecule has 19 heavy (non-hydrogen) atoms. The van der Waals surface area contributed by atoms with Crippen molar-refractivity contribution in [2.45, 2.75) is 13.0 Å².